The summed E-state index contributed by atoms with van der Waals surface area (Å²) >= 11 is 1.41. The van der Waals surface area contributed by atoms with Crippen LogP contribution in [0.5, 0.6) is 0 Å². The normalized spacial score (nSPS) is 13.9. The molecule has 1 aliphatic heterocycles. The number of anilines is 4. The van der Waals surface area contributed by atoms with Crippen LogP contribution in [-0.4, -0.2) is 81.4 Å². The second kappa shape index (κ2) is 16.4. The first-order valence-electron chi connectivity index (χ1n) is 16.3. The summed E-state index contributed by atoms with van der Waals surface area (Å²) in [4.78, 5) is 17.5. The Hall–Kier alpha value is -4.29. The highest BCUT2D eigenvalue weighted by Crippen LogP contribution is 2.39. The van der Waals surface area contributed by atoms with Gasteiger partial charge in [-0.3, -0.25) is 9.62 Å². The van der Waals surface area contributed by atoms with Gasteiger partial charge in [0.15, 0.2) is 4.90 Å². The summed E-state index contributed by atoms with van der Waals surface area (Å²) in [6, 6.07) is 15.7. The SMILES string of the molecule is CC(C)c1nc(-c2cccc(NS(=O)(=O)c3c(F)cccc3F)c2)c(-c2ccnc(Nc3ccc(N4CCN(CCS(C)(=O)=O)CC4)c(F)c3)n2)s1.Cl. The second-order valence-corrected chi connectivity index (χ2v) is 17.5. The van der Waals surface area contributed by atoms with Crippen molar-refractivity contribution in [2.75, 3.05) is 59.7 Å². The Kier molecular flexibility index (Phi) is 12.3. The number of thiazole rings is 1. The molecule has 11 nitrogen and oxygen atoms in total. The molecule has 2 aromatic heterocycles. The van der Waals surface area contributed by atoms with Crippen LogP contribution in [0.1, 0.15) is 24.8 Å². The van der Waals surface area contributed by atoms with Gasteiger partial charge < -0.3 is 10.2 Å². The van der Waals surface area contributed by atoms with Crippen molar-refractivity contribution in [3.8, 4) is 21.8 Å². The van der Waals surface area contributed by atoms with Gasteiger partial charge in [-0.15, -0.1) is 23.7 Å². The molecule has 0 radical (unpaired) electrons. The van der Waals surface area contributed by atoms with E-state index in [1.165, 1.54) is 35.8 Å². The molecule has 2 N–H and O–H groups in total. The highest BCUT2D eigenvalue weighted by atomic mass is 35.5. The maximum absolute atomic E-state index is 15.4. The molecule has 0 amide bonds. The number of benzene rings is 3. The Bertz CT molecular complexity index is 2300. The van der Waals surface area contributed by atoms with E-state index in [1.807, 2.05) is 18.7 Å². The molecule has 1 aliphatic rings. The highest BCUT2D eigenvalue weighted by molar-refractivity contribution is 7.92. The van der Waals surface area contributed by atoms with Gasteiger partial charge in [0.05, 0.1) is 32.7 Å². The molecule has 0 spiro atoms. The fraction of sp³-hybridized carbons (Fsp3) is 0.286. The maximum Gasteiger partial charge on any atom is 0.267 e. The summed E-state index contributed by atoms with van der Waals surface area (Å²) < 4.78 is 95.3. The largest absolute Gasteiger partial charge is 0.367 e. The molecular formula is C35H37ClF3N7O4S3. The van der Waals surface area contributed by atoms with Gasteiger partial charge >= 0.3 is 0 Å². The fourth-order valence-electron chi connectivity index (χ4n) is 5.65. The minimum Gasteiger partial charge on any atom is -0.367 e. The van der Waals surface area contributed by atoms with Crippen molar-refractivity contribution in [3.05, 3.63) is 95.4 Å². The van der Waals surface area contributed by atoms with Gasteiger partial charge in [0, 0.05) is 68.0 Å². The molecule has 18 heteroatoms. The van der Waals surface area contributed by atoms with E-state index in [1.54, 1.807) is 36.5 Å². The average Bonchev–Trinajstić information content (AvgIpc) is 3.54. The number of nitrogens with one attached hydrogen (secondary N) is 2. The minimum absolute atomic E-state index is 0. The van der Waals surface area contributed by atoms with Crippen LogP contribution in [0.3, 0.4) is 0 Å². The molecule has 282 valence electrons. The standard InChI is InChI=1S/C35H36F3N7O4S3.ClH/c1-22(2)34-42-31(23-6-4-7-25(20-23)43-52(48,49)33-26(36)8-5-9-27(33)37)32(50-34)29-12-13-39-35(41-29)40-24-10-11-30(28(38)21-24)45-16-14-44(15-17-45)18-19-51(3,46)47;/h4-13,20-22,43H,14-19H2,1-3H3,(H,39,40,41);1H. The molecule has 1 saturated heterocycles. The summed E-state index contributed by atoms with van der Waals surface area (Å²) in [7, 11) is -7.65. The molecule has 0 saturated carbocycles. The second-order valence-electron chi connectivity index (χ2n) is 12.6. The molecule has 0 atom stereocenters. The lowest BCUT2D eigenvalue weighted by Gasteiger charge is -2.36. The number of sulfone groups is 1. The quantitative estimate of drug-likeness (QED) is 0.136. The first-order valence-corrected chi connectivity index (χ1v) is 20.7. The van der Waals surface area contributed by atoms with E-state index in [9.17, 15) is 25.6 Å². The lowest BCUT2D eigenvalue weighted by molar-refractivity contribution is 0.271. The summed E-state index contributed by atoms with van der Waals surface area (Å²) in [5.41, 5.74) is 2.53. The molecule has 1 fully saturated rings. The highest BCUT2D eigenvalue weighted by Gasteiger charge is 2.25. The van der Waals surface area contributed by atoms with Crippen LogP contribution in [0, 0.1) is 17.5 Å². The molecule has 0 aliphatic carbocycles. The van der Waals surface area contributed by atoms with Crippen molar-refractivity contribution in [1.29, 1.82) is 0 Å². The van der Waals surface area contributed by atoms with Crippen LogP contribution in [0.2, 0.25) is 0 Å². The lowest BCUT2D eigenvalue weighted by Crippen LogP contribution is -2.47. The predicted octanol–water partition coefficient (Wildman–Crippen LogP) is 6.94. The van der Waals surface area contributed by atoms with Crippen LogP contribution >= 0.6 is 23.7 Å². The van der Waals surface area contributed by atoms with Gasteiger partial charge in [0.2, 0.25) is 5.95 Å². The molecular weight excluding hydrogens is 771 g/mol. The molecule has 6 rings (SSSR count). The van der Waals surface area contributed by atoms with Crippen molar-refractivity contribution < 1.29 is 30.0 Å². The third kappa shape index (κ3) is 9.64. The number of hydrogen-bond acceptors (Lipinski definition) is 11. The van der Waals surface area contributed by atoms with E-state index in [0.717, 1.165) is 23.2 Å². The number of nitrogens with zero attached hydrogens (tertiary/aromatic N) is 5. The molecule has 5 aromatic rings. The Balaban J connectivity index is 0.00000541. The summed E-state index contributed by atoms with van der Waals surface area (Å²) in [5.74, 6) is -2.49. The Morgan fingerprint density at radius 1 is 0.849 bits per heavy atom. The molecule has 53 heavy (non-hydrogen) atoms. The monoisotopic (exact) mass is 807 g/mol. The molecule has 0 unspecified atom stereocenters. The van der Waals surface area contributed by atoms with Crippen molar-refractivity contribution >= 4 is 66.6 Å². The van der Waals surface area contributed by atoms with Gasteiger partial charge in [0.1, 0.15) is 27.3 Å². The Labute approximate surface area is 316 Å². The van der Waals surface area contributed by atoms with E-state index in [2.05, 4.69) is 19.9 Å². The number of halogens is 4. The van der Waals surface area contributed by atoms with Crippen LogP contribution in [0.4, 0.5) is 36.2 Å². The number of piperazine rings is 1. The predicted molar refractivity (Wildman–Crippen MR) is 205 cm³/mol. The molecule has 0 bridgehead atoms. The van der Waals surface area contributed by atoms with Crippen molar-refractivity contribution in [1.82, 2.24) is 19.9 Å². The zero-order valence-electron chi connectivity index (χ0n) is 28.9. The smallest absolute Gasteiger partial charge is 0.267 e. The van der Waals surface area contributed by atoms with Crippen LogP contribution in [0.15, 0.2) is 77.8 Å². The van der Waals surface area contributed by atoms with Gasteiger partial charge in [-0.05, 0) is 48.5 Å². The number of rotatable bonds is 12. The van der Waals surface area contributed by atoms with E-state index in [0.29, 0.717) is 65.9 Å². The zero-order chi connectivity index (χ0) is 37.2. The minimum atomic E-state index is -4.60. The third-order valence-corrected chi connectivity index (χ3v) is 12.0. The van der Waals surface area contributed by atoms with Crippen molar-refractivity contribution in [3.63, 3.8) is 0 Å². The molecule has 3 heterocycles. The van der Waals surface area contributed by atoms with E-state index >= 15 is 4.39 Å². The summed E-state index contributed by atoms with van der Waals surface area (Å²) in [5, 5.41) is 3.87. The van der Waals surface area contributed by atoms with Gasteiger partial charge in [-0.25, -0.2) is 45.0 Å². The topological polar surface area (TPSA) is 137 Å². The van der Waals surface area contributed by atoms with Gasteiger partial charge in [-0.1, -0.05) is 32.0 Å². The fourth-order valence-corrected chi connectivity index (χ4v) is 8.49. The van der Waals surface area contributed by atoms with Crippen LogP contribution < -0.4 is 14.9 Å². The third-order valence-electron chi connectivity index (χ3n) is 8.30. The van der Waals surface area contributed by atoms with Gasteiger partial charge in [0.25, 0.3) is 10.0 Å². The Morgan fingerprint density at radius 2 is 1.55 bits per heavy atom. The number of aromatic nitrogens is 3. The summed E-state index contributed by atoms with van der Waals surface area (Å²) in [6.07, 6.45) is 2.78. The van der Waals surface area contributed by atoms with E-state index < -0.39 is 42.2 Å². The first-order chi connectivity index (χ1) is 24.7. The van der Waals surface area contributed by atoms with E-state index in [4.69, 9.17) is 9.97 Å². The average molecular weight is 808 g/mol. The van der Waals surface area contributed by atoms with Crippen molar-refractivity contribution in [2.45, 2.75) is 24.7 Å². The van der Waals surface area contributed by atoms with Crippen LogP contribution in [-0.2, 0) is 19.9 Å². The van der Waals surface area contributed by atoms with Crippen molar-refractivity contribution in [2.24, 2.45) is 0 Å². The van der Waals surface area contributed by atoms with E-state index in [-0.39, 0.29) is 35.7 Å². The number of hydrogen-bond donors (Lipinski definition) is 2. The first kappa shape index (κ1) is 39.9. The zero-order valence-corrected chi connectivity index (χ0v) is 32.2. The van der Waals surface area contributed by atoms with Crippen LogP contribution in [0.25, 0.3) is 21.8 Å². The summed E-state index contributed by atoms with van der Waals surface area (Å²) in [6.45, 7) is 6.81. The number of sulfonamides is 1. The maximum atomic E-state index is 15.4. The van der Waals surface area contributed by atoms with Gasteiger partial charge in [-0.2, -0.15) is 0 Å². The molecule has 3 aromatic carbocycles. The lowest BCUT2D eigenvalue weighted by atomic mass is 10.1. The Morgan fingerprint density at radius 3 is 2.21 bits per heavy atom.